The van der Waals surface area contributed by atoms with Crippen LogP contribution in [0.1, 0.15) is 50.3 Å². The quantitative estimate of drug-likeness (QED) is 0.390. The van der Waals surface area contributed by atoms with Crippen LogP contribution in [0.4, 0.5) is 33.3 Å². The lowest BCUT2D eigenvalue weighted by atomic mass is 9.87. The van der Waals surface area contributed by atoms with Crippen molar-refractivity contribution >= 4 is 44.4 Å². The standard InChI is InChI=1S/C27H27ClF5N5O3S/c1-24(27(31,32)33)14-37(18-13-34-20-11-19(28)36-38(20)22(18)24)16-8-6-15(7-9-16)21-25(2,26(21,29)30)23(39)35-12-17-5-3-4-10-42(17,40)41/h6-9,11,13,17,21H,3-5,10,12,14H2,1-2H3,(H,35,39)/t17?,21-,24-,25+/m1/s1. The average molecular weight is 632 g/mol. The number of nitrogens with zero attached hydrogens (tertiary/aromatic N) is 4. The minimum atomic E-state index is -4.66. The first-order valence-electron chi connectivity index (χ1n) is 13.4. The summed E-state index contributed by atoms with van der Waals surface area (Å²) in [7, 11) is -3.40. The highest BCUT2D eigenvalue weighted by Crippen LogP contribution is 2.71. The third kappa shape index (κ3) is 4.11. The molecule has 1 N–H and O–H groups in total. The first-order valence-corrected chi connectivity index (χ1v) is 15.5. The van der Waals surface area contributed by atoms with Crippen LogP contribution in [0.25, 0.3) is 5.65 Å². The molecule has 1 aromatic carbocycles. The first kappa shape index (κ1) is 29.1. The van der Waals surface area contributed by atoms with Gasteiger partial charge >= 0.3 is 6.18 Å². The minimum absolute atomic E-state index is 0.0101. The van der Waals surface area contributed by atoms with E-state index >= 15 is 8.78 Å². The number of alkyl halides is 5. The van der Waals surface area contributed by atoms with Crippen molar-refractivity contribution in [2.45, 2.75) is 61.8 Å². The maximum atomic E-state index is 15.1. The summed E-state index contributed by atoms with van der Waals surface area (Å²) in [6.07, 6.45) is -1.77. The van der Waals surface area contributed by atoms with Crippen LogP contribution in [0.3, 0.4) is 0 Å². The van der Waals surface area contributed by atoms with Crippen molar-refractivity contribution in [3.05, 3.63) is 52.9 Å². The normalized spacial score (nSPS) is 29.9. The molecule has 1 saturated carbocycles. The second-order valence-corrected chi connectivity index (χ2v) is 14.5. The molecule has 6 rings (SSSR count). The number of carbonyl (C=O) groups is 1. The Morgan fingerprint density at radius 3 is 2.50 bits per heavy atom. The van der Waals surface area contributed by atoms with Crippen molar-refractivity contribution in [3.8, 4) is 0 Å². The van der Waals surface area contributed by atoms with Crippen LogP contribution in [-0.2, 0) is 20.0 Å². The smallest absolute Gasteiger partial charge is 0.354 e. The Morgan fingerprint density at radius 2 is 1.86 bits per heavy atom. The Hall–Kier alpha value is -3.00. The predicted octanol–water partition coefficient (Wildman–Crippen LogP) is 5.18. The van der Waals surface area contributed by atoms with Gasteiger partial charge in [-0.25, -0.2) is 26.7 Å². The van der Waals surface area contributed by atoms with Crippen LogP contribution in [0.5, 0.6) is 0 Å². The molecule has 3 aliphatic rings. The predicted molar refractivity (Wildman–Crippen MR) is 145 cm³/mol. The zero-order chi connectivity index (χ0) is 30.5. The number of amides is 1. The van der Waals surface area contributed by atoms with Gasteiger partial charge in [-0.1, -0.05) is 30.2 Å². The van der Waals surface area contributed by atoms with E-state index in [0.29, 0.717) is 24.9 Å². The third-order valence-corrected chi connectivity index (χ3v) is 11.6. The fourth-order valence-corrected chi connectivity index (χ4v) is 8.36. The van der Waals surface area contributed by atoms with E-state index in [9.17, 15) is 26.4 Å². The van der Waals surface area contributed by atoms with Crippen molar-refractivity contribution in [1.29, 1.82) is 0 Å². The molecule has 3 aromatic rings. The highest BCUT2D eigenvalue weighted by atomic mass is 35.5. The average Bonchev–Trinajstić information content (AvgIpc) is 3.18. The molecule has 1 amide bonds. The molecule has 0 bridgehead atoms. The van der Waals surface area contributed by atoms with Crippen LogP contribution in [0.15, 0.2) is 36.5 Å². The van der Waals surface area contributed by atoms with E-state index in [0.717, 1.165) is 18.4 Å². The van der Waals surface area contributed by atoms with Crippen molar-refractivity contribution in [2.24, 2.45) is 5.41 Å². The minimum Gasteiger partial charge on any atom is -0.354 e. The second kappa shape index (κ2) is 9.25. The molecule has 0 radical (unpaired) electrons. The van der Waals surface area contributed by atoms with Crippen LogP contribution < -0.4 is 10.2 Å². The van der Waals surface area contributed by atoms with Gasteiger partial charge in [0.25, 0.3) is 5.92 Å². The van der Waals surface area contributed by atoms with E-state index in [2.05, 4.69) is 15.4 Å². The molecule has 2 aliphatic heterocycles. The number of hydrogen-bond donors (Lipinski definition) is 1. The summed E-state index contributed by atoms with van der Waals surface area (Å²) in [6.45, 7) is 1.46. The molecule has 226 valence electrons. The number of hydrogen-bond acceptors (Lipinski definition) is 6. The Kier molecular flexibility index (Phi) is 6.41. The summed E-state index contributed by atoms with van der Waals surface area (Å²) in [5.74, 6) is -5.82. The van der Waals surface area contributed by atoms with Gasteiger partial charge in [0.1, 0.15) is 10.8 Å². The van der Waals surface area contributed by atoms with Gasteiger partial charge in [-0.15, -0.1) is 0 Å². The van der Waals surface area contributed by atoms with Crippen LogP contribution >= 0.6 is 11.6 Å². The maximum absolute atomic E-state index is 15.1. The molecular formula is C27H27ClF5N5O3S. The molecule has 1 saturated heterocycles. The largest absolute Gasteiger partial charge is 0.401 e. The zero-order valence-electron chi connectivity index (χ0n) is 22.6. The van der Waals surface area contributed by atoms with Gasteiger partial charge in [-0.05, 0) is 44.4 Å². The number of rotatable bonds is 5. The van der Waals surface area contributed by atoms with E-state index in [-0.39, 0.29) is 40.0 Å². The Morgan fingerprint density at radius 1 is 1.17 bits per heavy atom. The number of benzene rings is 1. The van der Waals surface area contributed by atoms with E-state index in [1.165, 1.54) is 41.4 Å². The zero-order valence-corrected chi connectivity index (χ0v) is 24.1. The number of fused-ring (bicyclic) bond motifs is 3. The number of nitrogens with one attached hydrogen (secondary N) is 1. The summed E-state index contributed by atoms with van der Waals surface area (Å²) < 4.78 is 99.2. The molecule has 8 nitrogen and oxygen atoms in total. The third-order valence-electron chi connectivity index (χ3n) is 9.11. The number of anilines is 2. The SMILES string of the molecule is C[C@@]1(C(F)(F)F)CN(c2ccc([C@H]3C(F)(F)[C@]3(C)C(=O)NCC3CCCCS3(=O)=O)cc2)c2cnc3cc(Cl)nn3c21. The summed E-state index contributed by atoms with van der Waals surface area (Å²) in [5.41, 5.74) is -3.84. The molecule has 15 heteroatoms. The molecular weight excluding hydrogens is 605 g/mol. The fraction of sp³-hybridized carbons (Fsp3) is 0.519. The van der Waals surface area contributed by atoms with Crippen LogP contribution in [0, 0.1) is 5.41 Å². The van der Waals surface area contributed by atoms with Crippen molar-refractivity contribution < 1.29 is 35.2 Å². The van der Waals surface area contributed by atoms with E-state index in [4.69, 9.17) is 11.6 Å². The van der Waals surface area contributed by atoms with E-state index < -0.39 is 56.4 Å². The lowest BCUT2D eigenvalue weighted by Gasteiger charge is -2.28. The lowest BCUT2D eigenvalue weighted by Crippen LogP contribution is -2.43. The Labute approximate surface area is 243 Å². The van der Waals surface area contributed by atoms with Crippen molar-refractivity contribution in [2.75, 3.05) is 23.7 Å². The summed E-state index contributed by atoms with van der Waals surface area (Å²) in [4.78, 5) is 18.5. The molecule has 1 aliphatic carbocycles. The lowest BCUT2D eigenvalue weighted by molar-refractivity contribution is -0.181. The molecule has 4 heterocycles. The van der Waals surface area contributed by atoms with Crippen molar-refractivity contribution in [1.82, 2.24) is 19.9 Å². The highest BCUT2D eigenvalue weighted by Gasteiger charge is 2.82. The summed E-state index contributed by atoms with van der Waals surface area (Å²) >= 11 is 5.96. The number of halogens is 6. The molecule has 2 aromatic heterocycles. The van der Waals surface area contributed by atoms with Gasteiger partial charge in [-0.3, -0.25) is 4.79 Å². The first-order chi connectivity index (χ1) is 19.5. The van der Waals surface area contributed by atoms with Crippen molar-refractivity contribution in [3.63, 3.8) is 0 Å². The Bertz CT molecular complexity index is 1700. The summed E-state index contributed by atoms with van der Waals surface area (Å²) in [5, 5.41) is 5.63. The van der Waals surface area contributed by atoms with Gasteiger partial charge in [0.2, 0.25) is 5.91 Å². The molecule has 4 atom stereocenters. The molecule has 42 heavy (non-hydrogen) atoms. The topological polar surface area (TPSA) is 96.7 Å². The van der Waals surface area contributed by atoms with Gasteiger partial charge < -0.3 is 10.2 Å². The van der Waals surface area contributed by atoms with Gasteiger partial charge in [0.15, 0.2) is 20.6 Å². The summed E-state index contributed by atoms with van der Waals surface area (Å²) in [6, 6.07) is 6.97. The number of sulfone groups is 1. The van der Waals surface area contributed by atoms with E-state index in [1.807, 2.05) is 0 Å². The fourth-order valence-electron chi connectivity index (χ4n) is 6.38. The molecule has 1 unspecified atom stereocenters. The highest BCUT2D eigenvalue weighted by molar-refractivity contribution is 7.92. The molecule has 2 fully saturated rings. The van der Waals surface area contributed by atoms with Gasteiger partial charge in [0, 0.05) is 24.8 Å². The van der Waals surface area contributed by atoms with Gasteiger partial charge in [0.05, 0.1) is 34.5 Å². The van der Waals surface area contributed by atoms with Gasteiger partial charge in [-0.2, -0.15) is 18.3 Å². The second-order valence-electron chi connectivity index (χ2n) is 11.7. The van der Waals surface area contributed by atoms with E-state index in [1.54, 1.807) is 0 Å². The maximum Gasteiger partial charge on any atom is 0.401 e. The molecule has 0 spiro atoms. The van der Waals surface area contributed by atoms with Crippen LogP contribution in [-0.4, -0.2) is 65.1 Å². The van der Waals surface area contributed by atoms with Crippen LogP contribution in [0.2, 0.25) is 5.15 Å². The monoisotopic (exact) mass is 631 g/mol. The number of aromatic nitrogens is 3. The Balaban J connectivity index is 1.26. The number of carbonyl (C=O) groups excluding carboxylic acids is 1.